The van der Waals surface area contributed by atoms with E-state index in [0.717, 1.165) is 0 Å². The zero-order chi connectivity index (χ0) is 18.2. The lowest BCUT2D eigenvalue weighted by molar-refractivity contribution is -0.678. The summed E-state index contributed by atoms with van der Waals surface area (Å²) in [6.07, 6.45) is 26.9. The highest BCUT2D eigenvalue weighted by molar-refractivity contribution is 4.84. The van der Waals surface area contributed by atoms with Gasteiger partial charge in [0.2, 0.25) is 0 Å². The van der Waals surface area contributed by atoms with Crippen molar-refractivity contribution in [1.82, 2.24) is 4.57 Å². The molecule has 0 N–H and O–H groups in total. The van der Waals surface area contributed by atoms with Gasteiger partial charge in [-0.3, -0.25) is 0 Å². The van der Waals surface area contributed by atoms with Crippen molar-refractivity contribution in [3.05, 3.63) is 18.2 Å². The van der Waals surface area contributed by atoms with Gasteiger partial charge in [0.15, 0.2) is 0 Å². The fourth-order valence-electron chi connectivity index (χ4n) is 3.71. The molecule has 0 unspecified atom stereocenters. The van der Waals surface area contributed by atoms with Gasteiger partial charge < -0.3 is 0 Å². The molecular formula is C23H45N2+. The quantitative estimate of drug-likeness (QED) is 0.217. The molecule has 0 saturated carbocycles. The fourth-order valence-corrected chi connectivity index (χ4v) is 3.71. The standard InChI is InChI=1S/C23H45N2/c1-4-6-8-9-10-11-12-13-14-15-16-17-18-19-23-24(3)21-22-25(23)20-7-5-2/h21-22H,4-20H2,1-3H3/q+1. The second-order valence-electron chi connectivity index (χ2n) is 7.86. The molecule has 1 aromatic heterocycles. The molecule has 2 heteroatoms. The summed E-state index contributed by atoms with van der Waals surface area (Å²) in [5.74, 6) is 1.51. The van der Waals surface area contributed by atoms with E-state index in [1.54, 1.807) is 0 Å². The molecule has 1 rings (SSSR count). The Bertz CT molecular complexity index is 408. The van der Waals surface area contributed by atoms with E-state index in [2.05, 4.69) is 42.4 Å². The van der Waals surface area contributed by atoms with Crippen LogP contribution in [0.25, 0.3) is 0 Å². The van der Waals surface area contributed by atoms with Crippen LogP contribution >= 0.6 is 0 Å². The van der Waals surface area contributed by atoms with E-state index >= 15 is 0 Å². The number of imidazole rings is 1. The van der Waals surface area contributed by atoms with Gasteiger partial charge in [0.1, 0.15) is 12.4 Å². The van der Waals surface area contributed by atoms with Crippen LogP contribution in [0.5, 0.6) is 0 Å². The number of rotatable bonds is 17. The highest BCUT2D eigenvalue weighted by atomic mass is 15.1. The first-order valence-electron chi connectivity index (χ1n) is 11.3. The van der Waals surface area contributed by atoms with Crippen LogP contribution < -0.4 is 4.57 Å². The minimum atomic E-state index is 1.19. The summed E-state index contributed by atoms with van der Waals surface area (Å²) in [6.45, 7) is 5.75. The molecule has 2 nitrogen and oxygen atoms in total. The average molecular weight is 350 g/mol. The average Bonchev–Trinajstić information content (AvgIpc) is 2.97. The van der Waals surface area contributed by atoms with Gasteiger partial charge in [0.25, 0.3) is 5.82 Å². The SMILES string of the molecule is CCCCCCCCCCCCCCCc1n(CCCC)cc[n+]1C. The zero-order valence-electron chi connectivity index (χ0n) is 17.6. The Balaban J connectivity index is 1.94. The lowest BCUT2D eigenvalue weighted by Gasteiger charge is -2.04. The topological polar surface area (TPSA) is 8.81 Å². The third kappa shape index (κ3) is 10.7. The van der Waals surface area contributed by atoms with Crippen molar-refractivity contribution in [3.63, 3.8) is 0 Å². The van der Waals surface area contributed by atoms with Crippen LogP contribution in [0.1, 0.15) is 116 Å². The van der Waals surface area contributed by atoms with Crippen LogP contribution in [0, 0.1) is 0 Å². The van der Waals surface area contributed by atoms with E-state index in [1.165, 1.54) is 115 Å². The van der Waals surface area contributed by atoms with Crippen LogP contribution in [0.3, 0.4) is 0 Å². The van der Waals surface area contributed by atoms with Crippen molar-refractivity contribution in [3.8, 4) is 0 Å². The van der Waals surface area contributed by atoms with Gasteiger partial charge in [-0.05, 0) is 12.8 Å². The first-order chi connectivity index (χ1) is 12.3. The summed E-state index contributed by atoms with van der Waals surface area (Å²) < 4.78 is 4.78. The molecule has 1 aromatic rings. The zero-order valence-corrected chi connectivity index (χ0v) is 17.6. The molecule has 0 aliphatic carbocycles. The normalized spacial score (nSPS) is 11.3. The number of aromatic nitrogens is 2. The third-order valence-electron chi connectivity index (χ3n) is 5.47. The molecule has 146 valence electrons. The second-order valence-corrected chi connectivity index (χ2v) is 7.86. The molecule has 0 amide bonds. The summed E-state index contributed by atoms with van der Waals surface area (Å²) in [4.78, 5) is 0. The van der Waals surface area contributed by atoms with Crippen LogP contribution in [0.4, 0.5) is 0 Å². The first kappa shape index (κ1) is 22.3. The molecule has 0 saturated heterocycles. The van der Waals surface area contributed by atoms with Gasteiger partial charge in [-0.15, -0.1) is 0 Å². The van der Waals surface area contributed by atoms with Crippen molar-refractivity contribution in [2.24, 2.45) is 7.05 Å². The van der Waals surface area contributed by atoms with E-state index in [4.69, 9.17) is 0 Å². The van der Waals surface area contributed by atoms with Crippen molar-refractivity contribution < 1.29 is 4.57 Å². The van der Waals surface area contributed by atoms with Crippen LogP contribution in [-0.4, -0.2) is 4.57 Å². The van der Waals surface area contributed by atoms with Crippen LogP contribution in [0.2, 0.25) is 0 Å². The van der Waals surface area contributed by atoms with Gasteiger partial charge in [0.05, 0.1) is 13.6 Å². The first-order valence-corrected chi connectivity index (χ1v) is 11.3. The second kappa shape index (κ2) is 15.5. The Labute approximate surface area is 158 Å². The molecule has 25 heavy (non-hydrogen) atoms. The maximum atomic E-state index is 2.46. The van der Waals surface area contributed by atoms with E-state index in [-0.39, 0.29) is 0 Å². The molecule has 0 aliphatic rings. The number of nitrogens with zero attached hydrogens (tertiary/aromatic N) is 2. The predicted molar refractivity (Wildman–Crippen MR) is 110 cm³/mol. The van der Waals surface area contributed by atoms with E-state index in [9.17, 15) is 0 Å². The number of hydrogen-bond acceptors (Lipinski definition) is 0. The summed E-state index contributed by atoms with van der Waals surface area (Å²) >= 11 is 0. The lowest BCUT2D eigenvalue weighted by atomic mass is 10.0. The summed E-state index contributed by atoms with van der Waals surface area (Å²) in [6, 6.07) is 0. The lowest BCUT2D eigenvalue weighted by Crippen LogP contribution is -2.32. The maximum absolute atomic E-state index is 2.46. The van der Waals surface area contributed by atoms with Gasteiger partial charge in [-0.1, -0.05) is 97.3 Å². The summed E-state index contributed by atoms with van der Waals surface area (Å²) in [7, 11) is 2.19. The maximum Gasteiger partial charge on any atom is 0.256 e. The minimum Gasteiger partial charge on any atom is -0.237 e. The highest BCUT2D eigenvalue weighted by Gasteiger charge is 2.13. The fraction of sp³-hybridized carbons (Fsp3) is 0.870. The Kier molecular flexibility index (Phi) is 13.8. The van der Waals surface area contributed by atoms with Crippen molar-refractivity contribution in [2.45, 2.75) is 123 Å². The largest absolute Gasteiger partial charge is 0.256 e. The number of unbranched alkanes of at least 4 members (excludes halogenated alkanes) is 13. The molecule has 1 heterocycles. The summed E-state index contributed by atoms with van der Waals surface area (Å²) in [5, 5.41) is 0. The molecular weight excluding hydrogens is 304 g/mol. The van der Waals surface area contributed by atoms with Gasteiger partial charge >= 0.3 is 0 Å². The molecule has 0 atom stereocenters. The molecule has 0 aromatic carbocycles. The van der Waals surface area contributed by atoms with Gasteiger partial charge in [-0.2, -0.15) is 0 Å². The third-order valence-corrected chi connectivity index (χ3v) is 5.47. The molecule has 0 aliphatic heterocycles. The molecule has 0 bridgehead atoms. The predicted octanol–water partition coefficient (Wildman–Crippen LogP) is 6.75. The number of aryl methyl sites for hydroxylation is 2. The number of hydrogen-bond donors (Lipinski definition) is 0. The Hall–Kier alpha value is -0.790. The molecule has 0 fully saturated rings. The monoisotopic (exact) mass is 349 g/mol. The van der Waals surface area contributed by atoms with Crippen LogP contribution in [-0.2, 0) is 20.0 Å². The molecule has 0 radical (unpaired) electrons. The minimum absolute atomic E-state index is 1.19. The van der Waals surface area contributed by atoms with Gasteiger partial charge in [-0.25, -0.2) is 9.13 Å². The molecule has 0 spiro atoms. The summed E-state index contributed by atoms with van der Waals surface area (Å²) in [5.41, 5.74) is 0. The van der Waals surface area contributed by atoms with E-state index in [0.29, 0.717) is 0 Å². The van der Waals surface area contributed by atoms with E-state index in [1.807, 2.05) is 0 Å². The Morgan fingerprint density at radius 3 is 1.68 bits per heavy atom. The highest BCUT2D eigenvalue weighted by Crippen LogP contribution is 2.13. The van der Waals surface area contributed by atoms with Gasteiger partial charge in [0, 0.05) is 6.42 Å². The van der Waals surface area contributed by atoms with Crippen molar-refractivity contribution in [1.29, 1.82) is 0 Å². The van der Waals surface area contributed by atoms with E-state index < -0.39 is 0 Å². The van der Waals surface area contributed by atoms with Crippen LogP contribution in [0.15, 0.2) is 12.4 Å². The van der Waals surface area contributed by atoms with Crippen molar-refractivity contribution in [2.75, 3.05) is 0 Å². The Morgan fingerprint density at radius 1 is 0.680 bits per heavy atom. The smallest absolute Gasteiger partial charge is 0.237 e. The Morgan fingerprint density at radius 2 is 1.16 bits per heavy atom. The van der Waals surface area contributed by atoms with Crippen molar-refractivity contribution >= 4 is 0 Å².